The van der Waals surface area contributed by atoms with E-state index in [9.17, 15) is 22.8 Å². The van der Waals surface area contributed by atoms with Crippen LogP contribution in [0.5, 0.6) is 0 Å². The Morgan fingerprint density at radius 3 is 2.65 bits per heavy atom. The van der Waals surface area contributed by atoms with Crippen molar-refractivity contribution in [1.29, 1.82) is 0 Å². The lowest BCUT2D eigenvalue weighted by atomic mass is 9.94. The number of piperidine rings is 1. The van der Waals surface area contributed by atoms with E-state index in [1.54, 1.807) is 22.9 Å². The van der Waals surface area contributed by atoms with Crippen LogP contribution < -0.4 is 5.32 Å². The summed E-state index contributed by atoms with van der Waals surface area (Å²) in [5, 5.41) is 7.58. The largest absolute Gasteiger partial charge is 0.410 e. The molecule has 0 spiro atoms. The number of fused-ring (bicyclic) bond motifs is 1. The third-order valence-corrected chi connectivity index (χ3v) is 6.86. The van der Waals surface area contributed by atoms with Crippen molar-refractivity contribution < 1.29 is 22.8 Å². The fourth-order valence-electron chi connectivity index (χ4n) is 4.99. The SMILES string of the molecule is CC(C)[C@@H]1C[C@H](C(F)(F)F)n2nc([C@H]3CCCCN3C(=O)[C@H]3CC(=O)N(C)C3)cc2N1. The van der Waals surface area contributed by atoms with Crippen molar-refractivity contribution in [3.05, 3.63) is 11.8 Å². The number of amides is 2. The smallest absolute Gasteiger partial charge is 0.367 e. The number of nitrogens with one attached hydrogen (secondary N) is 1. The van der Waals surface area contributed by atoms with E-state index >= 15 is 0 Å². The maximum atomic E-state index is 13.8. The Balaban J connectivity index is 1.63. The summed E-state index contributed by atoms with van der Waals surface area (Å²) in [6.45, 7) is 4.72. The van der Waals surface area contributed by atoms with Crippen molar-refractivity contribution >= 4 is 17.6 Å². The maximum Gasteiger partial charge on any atom is 0.410 e. The minimum atomic E-state index is -4.40. The quantitative estimate of drug-likeness (QED) is 0.781. The van der Waals surface area contributed by atoms with Crippen LogP contribution in [0.4, 0.5) is 19.0 Å². The molecule has 3 aliphatic heterocycles. The van der Waals surface area contributed by atoms with Gasteiger partial charge in [-0.05, 0) is 31.6 Å². The van der Waals surface area contributed by atoms with Crippen LogP contribution in [0.25, 0.3) is 0 Å². The lowest BCUT2D eigenvalue weighted by Gasteiger charge is -2.36. The Labute approximate surface area is 179 Å². The average molecular weight is 441 g/mol. The first-order chi connectivity index (χ1) is 14.6. The molecule has 1 aromatic heterocycles. The molecule has 2 fully saturated rings. The Hall–Kier alpha value is -2.26. The average Bonchev–Trinajstić information content (AvgIpc) is 3.29. The third-order valence-electron chi connectivity index (χ3n) is 6.86. The summed E-state index contributed by atoms with van der Waals surface area (Å²) in [5.74, 6) is -0.158. The molecule has 0 radical (unpaired) electrons. The number of hydrogen-bond acceptors (Lipinski definition) is 4. The van der Waals surface area contributed by atoms with Gasteiger partial charge in [0, 0.05) is 38.7 Å². The Bertz CT molecular complexity index is 853. The minimum Gasteiger partial charge on any atom is -0.367 e. The van der Waals surface area contributed by atoms with Gasteiger partial charge in [0.25, 0.3) is 0 Å². The van der Waals surface area contributed by atoms with Crippen molar-refractivity contribution in [1.82, 2.24) is 19.6 Å². The minimum absolute atomic E-state index is 0.0431. The summed E-state index contributed by atoms with van der Waals surface area (Å²) in [6.07, 6.45) is -1.91. The molecular formula is C21H30F3N5O2. The van der Waals surface area contributed by atoms with Crippen molar-refractivity contribution in [2.75, 3.05) is 25.5 Å². The van der Waals surface area contributed by atoms with Gasteiger partial charge in [-0.2, -0.15) is 18.3 Å². The Morgan fingerprint density at radius 2 is 2.03 bits per heavy atom. The van der Waals surface area contributed by atoms with Gasteiger partial charge < -0.3 is 15.1 Å². The van der Waals surface area contributed by atoms with Crippen molar-refractivity contribution in [2.24, 2.45) is 11.8 Å². The number of halogens is 3. The van der Waals surface area contributed by atoms with E-state index in [0.717, 1.165) is 17.5 Å². The highest BCUT2D eigenvalue weighted by Gasteiger charge is 2.47. The van der Waals surface area contributed by atoms with Gasteiger partial charge in [-0.25, -0.2) is 4.68 Å². The number of aromatic nitrogens is 2. The van der Waals surface area contributed by atoms with E-state index in [2.05, 4.69) is 10.4 Å². The Morgan fingerprint density at radius 1 is 1.29 bits per heavy atom. The summed E-state index contributed by atoms with van der Waals surface area (Å²) < 4.78 is 42.5. The van der Waals surface area contributed by atoms with Gasteiger partial charge in [0.15, 0.2) is 6.04 Å². The molecule has 4 atom stereocenters. The Kier molecular flexibility index (Phi) is 5.68. The first-order valence-electron chi connectivity index (χ1n) is 11.0. The molecule has 1 aromatic rings. The second-order valence-corrected chi connectivity index (χ2v) is 9.41. The first-order valence-corrected chi connectivity index (χ1v) is 11.0. The van der Waals surface area contributed by atoms with E-state index in [1.165, 1.54) is 0 Å². The molecule has 2 amide bonds. The highest BCUT2D eigenvalue weighted by atomic mass is 19.4. The molecule has 2 saturated heterocycles. The number of carbonyl (C=O) groups excluding carboxylic acids is 2. The molecular weight excluding hydrogens is 411 g/mol. The van der Waals surface area contributed by atoms with E-state index in [4.69, 9.17) is 0 Å². The number of alkyl halides is 3. The van der Waals surface area contributed by atoms with Crippen LogP contribution in [0.3, 0.4) is 0 Å². The van der Waals surface area contributed by atoms with Gasteiger partial charge in [-0.1, -0.05) is 13.8 Å². The van der Waals surface area contributed by atoms with Crippen LogP contribution >= 0.6 is 0 Å². The molecule has 0 aromatic carbocycles. The molecule has 10 heteroatoms. The van der Waals surface area contributed by atoms with Gasteiger partial charge in [-0.3, -0.25) is 9.59 Å². The fraction of sp³-hybridized carbons (Fsp3) is 0.762. The van der Waals surface area contributed by atoms with Crippen LogP contribution in [-0.2, 0) is 9.59 Å². The normalized spacial score (nSPS) is 29.3. The molecule has 0 saturated carbocycles. The molecule has 3 aliphatic rings. The molecule has 0 bridgehead atoms. The zero-order chi connectivity index (χ0) is 22.5. The third kappa shape index (κ3) is 4.13. The topological polar surface area (TPSA) is 70.5 Å². The van der Waals surface area contributed by atoms with Crippen LogP contribution in [0.15, 0.2) is 6.07 Å². The van der Waals surface area contributed by atoms with Crippen LogP contribution in [0.2, 0.25) is 0 Å². The second kappa shape index (κ2) is 8.02. The van der Waals surface area contributed by atoms with Gasteiger partial charge >= 0.3 is 6.18 Å². The van der Waals surface area contributed by atoms with Gasteiger partial charge in [-0.15, -0.1) is 0 Å². The lowest BCUT2D eigenvalue weighted by Crippen LogP contribution is -2.43. The molecule has 1 N–H and O–H groups in total. The van der Waals surface area contributed by atoms with Crippen LogP contribution in [0, 0.1) is 11.8 Å². The molecule has 0 aliphatic carbocycles. The number of hydrogen-bond donors (Lipinski definition) is 1. The number of rotatable bonds is 3. The standard InChI is InChI=1S/C21H30F3N5O2/c1-12(2)14-9-17(21(22,23)24)29-18(25-14)10-15(26-29)16-6-4-5-7-28(16)20(31)13-8-19(30)27(3)11-13/h10,12-14,16-17,25H,4-9,11H2,1-3H3/t13-,14-,16+,17+/m0/s1. The summed E-state index contributed by atoms with van der Waals surface area (Å²) >= 11 is 0. The molecule has 4 heterocycles. The summed E-state index contributed by atoms with van der Waals surface area (Å²) in [4.78, 5) is 28.4. The van der Waals surface area contributed by atoms with E-state index in [-0.39, 0.29) is 42.7 Å². The van der Waals surface area contributed by atoms with E-state index in [1.807, 2.05) is 13.8 Å². The molecule has 7 nitrogen and oxygen atoms in total. The van der Waals surface area contributed by atoms with Gasteiger partial charge in [0.05, 0.1) is 17.7 Å². The van der Waals surface area contributed by atoms with E-state index < -0.39 is 18.1 Å². The van der Waals surface area contributed by atoms with Crippen LogP contribution in [0.1, 0.15) is 63.7 Å². The predicted octanol–water partition coefficient (Wildman–Crippen LogP) is 3.36. The first kappa shape index (κ1) is 22.0. The number of likely N-dealkylation sites (tertiary alicyclic amines) is 2. The zero-order valence-electron chi connectivity index (χ0n) is 18.2. The summed E-state index contributed by atoms with van der Waals surface area (Å²) in [5.41, 5.74) is 0.492. The van der Waals surface area contributed by atoms with Gasteiger partial charge in [0.2, 0.25) is 11.8 Å². The molecule has 0 unspecified atom stereocenters. The monoisotopic (exact) mass is 441 g/mol. The summed E-state index contributed by atoms with van der Waals surface area (Å²) in [6, 6.07) is -0.671. The predicted molar refractivity (Wildman–Crippen MR) is 108 cm³/mol. The number of anilines is 1. The number of carbonyl (C=O) groups is 2. The van der Waals surface area contributed by atoms with Crippen LogP contribution in [-0.4, -0.2) is 63.7 Å². The van der Waals surface area contributed by atoms with Crippen molar-refractivity contribution in [2.45, 2.75) is 70.3 Å². The molecule has 31 heavy (non-hydrogen) atoms. The maximum absolute atomic E-state index is 13.8. The zero-order valence-corrected chi connectivity index (χ0v) is 18.2. The second-order valence-electron chi connectivity index (χ2n) is 9.41. The highest BCUT2D eigenvalue weighted by molar-refractivity contribution is 5.89. The number of nitrogens with zero attached hydrogens (tertiary/aromatic N) is 4. The van der Waals surface area contributed by atoms with Crippen molar-refractivity contribution in [3.8, 4) is 0 Å². The fourth-order valence-corrected chi connectivity index (χ4v) is 4.99. The summed E-state index contributed by atoms with van der Waals surface area (Å²) in [7, 11) is 1.68. The van der Waals surface area contributed by atoms with Gasteiger partial charge in [0.1, 0.15) is 5.82 Å². The van der Waals surface area contributed by atoms with Crippen molar-refractivity contribution in [3.63, 3.8) is 0 Å². The molecule has 4 rings (SSSR count). The highest BCUT2D eigenvalue weighted by Crippen LogP contribution is 2.42. The molecule has 172 valence electrons. The lowest BCUT2D eigenvalue weighted by molar-refractivity contribution is -0.174. The van der Waals surface area contributed by atoms with E-state index in [0.29, 0.717) is 31.0 Å².